The van der Waals surface area contributed by atoms with Crippen LogP contribution >= 0.6 is 0 Å². The molecule has 122 valence electrons. The molecular weight excluding hydrogens is 278 g/mol. The predicted molar refractivity (Wildman–Crippen MR) is 83.7 cm³/mol. The molecule has 0 aromatic heterocycles. The fraction of sp³-hybridized carbons (Fsp3) is 0.824. The maximum Gasteiger partial charge on any atom is 0.243 e. The van der Waals surface area contributed by atoms with Crippen LogP contribution in [-0.4, -0.2) is 36.3 Å². The molecule has 2 aliphatic rings. The lowest BCUT2D eigenvalue weighted by atomic mass is 9.74. The van der Waals surface area contributed by atoms with Crippen LogP contribution in [0, 0.1) is 22.7 Å². The van der Waals surface area contributed by atoms with E-state index in [0.717, 1.165) is 38.5 Å². The van der Waals surface area contributed by atoms with E-state index in [1.807, 2.05) is 6.92 Å². The third kappa shape index (κ3) is 3.60. The van der Waals surface area contributed by atoms with Crippen molar-refractivity contribution in [1.29, 1.82) is 5.26 Å². The predicted octanol–water partition coefficient (Wildman–Crippen LogP) is 2.23. The van der Waals surface area contributed by atoms with Gasteiger partial charge in [0.1, 0.15) is 5.41 Å². The molecule has 1 unspecified atom stereocenters. The smallest absolute Gasteiger partial charge is 0.243 e. The Morgan fingerprint density at radius 3 is 2.64 bits per heavy atom. The molecule has 1 N–H and O–H groups in total. The van der Waals surface area contributed by atoms with Gasteiger partial charge in [-0.05, 0) is 32.1 Å². The highest BCUT2D eigenvalue weighted by molar-refractivity contribution is 5.87. The van der Waals surface area contributed by atoms with E-state index in [2.05, 4.69) is 11.4 Å². The lowest BCUT2D eigenvalue weighted by molar-refractivity contribution is -0.143. The van der Waals surface area contributed by atoms with Crippen molar-refractivity contribution >= 4 is 11.8 Å². The summed E-state index contributed by atoms with van der Waals surface area (Å²) in [5, 5.41) is 12.5. The van der Waals surface area contributed by atoms with Gasteiger partial charge < -0.3 is 10.2 Å². The number of carbonyl (C=O) groups is 2. The van der Waals surface area contributed by atoms with Crippen molar-refractivity contribution in [1.82, 2.24) is 10.2 Å². The number of carbonyl (C=O) groups excluding carboxylic acids is 2. The average Bonchev–Trinajstić information content (AvgIpc) is 2.59. The molecule has 1 aliphatic heterocycles. The quantitative estimate of drug-likeness (QED) is 0.865. The zero-order chi connectivity index (χ0) is 16.0. The van der Waals surface area contributed by atoms with E-state index in [1.54, 1.807) is 4.90 Å². The number of nitriles is 1. The fourth-order valence-electron chi connectivity index (χ4n) is 3.60. The van der Waals surface area contributed by atoms with Gasteiger partial charge in [0.05, 0.1) is 12.0 Å². The van der Waals surface area contributed by atoms with Crippen LogP contribution in [0.25, 0.3) is 0 Å². The Morgan fingerprint density at radius 1 is 1.27 bits per heavy atom. The van der Waals surface area contributed by atoms with Crippen molar-refractivity contribution in [2.24, 2.45) is 11.3 Å². The van der Waals surface area contributed by atoms with Crippen LogP contribution in [0.15, 0.2) is 0 Å². The van der Waals surface area contributed by atoms with Gasteiger partial charge in [-0.15, -0.1) is 0 Å². The molecule has 0 radical (unpaired) electrons. The summed E-state index contributed by atoms with van der Waals surface area (Å²) in [4.78, 5) is 26.8. The second kappa shape index (κ2) is 7.62. The Labute approximate surface area is 133 Å². The van der Waals surface area contributed by atoms with Gasteiger partial charge in [0.25, 0.3) is 0 Å². The number of nitrogens with one attached hydrogen (secondary N) is 1. The molecule has 1 saturated carbocycles. The average molecular weight is 305 g/mol. The minimum absolute atomic E-state index is 0.0392. The molecular formula is C17H27N3O2. The van der Waals surface area contributed by atoms with Gasteiger partial charge in [-0.1, -0.05) is 26.2 Å². The van der Waals surface area contributed by atoms with Gasteiger partial charge in [-0.3, -0.25) is 9.59 Å². The number of nitrogens with zero attached hydrogens (tertiary/aromatic N) is 2. The summed E-state index contributed by atoms with van der Waals surface area (Å²) in [7, 11) is 0. The van der Waals surface area contributed by atoms with Crippen molar-refractivity contribution in [2.75, 3.05) is 19.6 Å². The van der Waals surface area contributed by atoms with Crippen LogP contribution in [-0.2, 0) is 9.59 Å². The SMILES string of the molecule is CCCNC(=O)C1CCCN(C(=O)C2(C#N)CCCCC2)C1. The normalized spacial score (nSPS) is 24.4. The van der Waals surface area contributed by atoms with Crippen LogP contribution in [0.1, 0.15) is 58.3 Å². The Morgan fingerprint density at radius 2 is 2.00 bits per heavy atom. The maximum absolute atomic E-state index is 12.9. The maximum atomic E-state index is 12.9. The molecule has 1 heterocycles. The molecule has 0 bridgehead atoms. The van der Waals surface area contributed by atoms with Gasteiger partial charge in [0, 0.05) is 19.6 Å². The minimum atomic E-state index is -0.833. The van der Waals surface area contributed by atoms with Gasteiger partial charge in [0.15, 0.2) is 0 Å². The van der Waals surface area contributed by atoms with E-state index in [-0.39, 0.29) is 17.7 Å². The van der Waals surface area contributed by atoms with Gasteiger partial charge in [0.2, 0.25) is 11.8 Å². The summed E-state index contributed by atoms with van der Waals surface area (Å²) in [5.74, 6) is -0.111. The number of rotatable bonds is 4. The number of likely N-dealkylation sites (tertiary alicyclic amines) is 1. The number of amides is 2. The Bertz CT molecular complexity index is 449. The van der Waals surface area contributed by atoms with Gasteiger partial charge in [-0.25, -0.2) is 0 Å². The molecule has 2 rings (SSSR count). The highest BCUT2D eigenvalue weighted by atomic mass is 16.2. The number of hydrogen-bond donors (Lipinski definition) is 1. The molecule has 0 aromatic carbocycles. The van der Waals surface area contributed by atoms with Crippen LogP contribution in [0.2, 0.25) is 0 Å². The van der Waals surface area contributed by atoms with Crippen LogP contribution in [0.3, 0.4) is 0 Å². The Hall–Kier alpha value is -1.57. The van der Waals surface area contributed by atoms with Crippen molar-refractivity contribution in [3.63, 3.8) is 0 Å². The molecule has 0 spiro atoms. The van der Waals surface area contributed by atoms with E-state index in [9.17, 15) is 14.9 Å². The molecule has 0 aromatic rings. The summed E-state index contributed by atoms with van der Waals surface area (Å²) >= 11 is 0. The van der Waals surface area contributed by atoms with Crippen LogP contribution in [0.4, 0.5) is 0 Å². The largest absolute Gasteiger partial charge is 0.356 e. The summed E-state index contributed by atoms with van der Waals surface area (Å²) < 4.78 is 0. The number of piperidine rings is 1. The molecule has 1 aliphatic carbocycles. The fourth-order valence-corrected chi connectivity index (χ4v) is 3.60. The Kier molecular flexibility index (Phi) is 5.82. The molecule has 2 fully saturated rings. The second-order valence-electron chi connectivity index (χ2n) is 6.64. The van der Waals surface area contributed by atoms with Crippen LogP contribution in [0.5, 0.6) is 0 Å². The van der Waals surface area contributed by atoms with E-state index < -0.39 is 5.41 Å². The first-order valence-electron chi connectivity index (χ1n) is 8.61. The van der Waals surface area contributed by atoms with E-state index in [1.165, 1.54) is 0 Å². The monoisotopic (exact) mass is 305 g/mol. The Balaban J connectivity index is 2.00. The van der Waals surface area contributed by atoms with Crippen molar-refractivity contribution in [3.05, 3.63) is 0 Å². The molecule has 2 amide bonds. The van der Waals surface area contributed by atoms with Crippen LogP contribution < -0.4 is 5.32 Å². The molecule has 1 atom stereocenters. The summed E-state index contributed by atoms with van der Waals surface area (Å²) in [6, 6.07) is 2.30. The topological polar surface area (TPSA) is 73.2 Å². The van der Waals surface area contributed by atoms with E-state index >= 15 is 0 Å². The molecule has 22 heavy (non-hydrogen) atoms. The molecule has 5 nitrogen and oxygen atoms in total. The highest BCUT2D eigenvalue weighted by Gasteiger charge is 2.43. The first-order chi connectivity index (χ1) is 10.6. The lowest BCUT2D eigenvalue weighted by Gasteiger charge is -2.38. The van der Waals surface area contributed by atoms with Gasteiger partial charge >= 0.3 is 0 Å². The minimum Gasteiger partial charge on any atom is -0.356 e. The second-order valence-corrected chi connectivity index (χ2v) is 6.64. The summed E-state index contributed by atoms with van der Waals surface area (Å²) in [6.07, 6.45) is 6.95. The third-order valence-electron chi connectivity index (χ3n) is 4.96. The molecule has 1 saturated heterocycles. The lowest BCUT2D eigenvalue weighted by Crippen LogP contribution is -2.51. The van der Waals surface area contributed by atoms with Crippen molar-refractivity contribution < 1.29 is 9.59 Å². The first kappa shape index (κ1) is 16.8. The third-order valence-corrected chi connectivity index (χ3v) is 4.96. The van der Waals surface area contributed by atoms with E-state index in [0.29, 0.717) is 32.5 Å². The first-order valence-corrected chi connectivity index (χ1v) is 8.61. The zero-order valence-electron chi connectivity index (χ0n) is 13.6. The standard InChI is InChI=1S/C17H27N3O2/c1-2-10-19-15(21)14-7-6-11-20(12-14)16(22)17(13-18)8-4-3-5-9-17/h14H,2-12H2,1H3,(H,19,21). The van der Waals surface area contributed by atoms with Gasteiger partial charge in [-0.2, -0.15) is 5.26 Å². The summed E-state index contributed by atoms with van der Waals surface area (Å²) in [5.41, 5.74) is -0.833. The summed E-state index contributed by atoms with van der Waals surface area (Å²) in [6.45, 7) is 3.86. The van der Waals surface area contributed by atoms with Crippen molar-refractivity contribution in [2.45, 2.75) is 58.3 Å². The number of hydrogen-bond acceptors (Lipinski definition) is 3. The van der Waals surface area contributed by atoms with Crippen molar-refractivity contribution in [3.8, 4) is 6.07 Å². The highest BCUT2D eigenvalue weighted by Crippen LogP contribution is 2.38. The molecule has 5 heteroatoms. The van der Waals surface area contributed by atoms with E-state index in [4.69, 9.17) is 0 Å². The zero-order valence-corrected chi connectivity index (χ0v) is 13.6.